The van der Waals surface area contributed by atoms with E-state index in [0.717, 1.165) is 32.9 Å². The van der Waals surface area contributed by atoms with Gasteiger partial charge in [0.05, 0.1) is 11.8 Å². The van der Waals surface area contributed by atoms with Gasteiger partial charge in [0.1, 0.15) is 12.4 Å². The number of carbonyl (C=O) groups is 2. The van der Waals surface area contributed by atoms with Crippen molar-refractivity contribution >= 4 is 50.4 Å². The van der Waals surface area contributed by atoms with Crippen LogP contribution in [-0.2, 0) is 24.4 Å². The first kappa shape index (κ1) is 21.9. The van der Waals surface area contributed by atoms with Crippen molar-refractivity contribution in [1.29, 1.82) is 0 Å². The van der Waals surface area contributed by atoms with Gasteiger partial charge >= 0.3 is 0 Å². The Morgan fingerprint density at radius 1 is 0.968 bits per heavy atom. The molecule has 3 aromatic rings. The van der Waals surface area contributed by atoms with Crippen LogP contribution >= 0.6 is 39.3 Å². The summed E-state index contributed by atoms with van der Waals surface area (Å²) in [5, 5.41) is -0.0901. The maximum absolute atomic E-state index is 13.0. The zero-order valence-electron chi connectivity index (χ0n) is 16.5. The molecule has 0 saturated carbocycles. The number of thioether (sulfide) groups is 1. The highest BCUT2D eigenvalue weighted by Gasteiger charge is 2.39. The molecule has 4 rings (SSSR count). The van der Waals surface area contributed by atoms with Crippen molar-refractivity contribution in [2.75, 3.05) is 0 Å². The fourth-order valence-electron chi connectivity index (χ4n) is 3.33. The highest BCUT2D eigenvalue weighted by atomic mass is 79.9. The van der Waals surface area contributed by atoms with Crippen LogP contribution in [-0.4, -0.2) is 21.3 Å². The van der Waals surface area contributed by atoms with Gasteiger partial charge in [0.25, 0.3) is 5.24 Å². The monoisotopic (exact) mass is 515 g/mol. The minimum absolute atomic E-state index is 0.182. The fourth-order valence-corrected chi connectivity index (χ4v) is 4.88. The molecule has 0 aliphatic carbocycles. The second-order valence-electron chi connectivity index (χ2n) is 7.15. The third-order valence-electron chi connectivity index (χ3n) is 4.92. The standard InChI is InChI=1S/C24H19BrClNO3S/c25-19-8-11-21(30-15-17-4-2-1-3-5-17)18(12-19)13-22-23(28)27(24(29)31-22)14-16-6-9-20(26)10-7-16/h1-12,22H,13-15H2/t22-/m1/s1. The molecule has 31 heavy (non-hydrogen) atoms. The molecular weight excluding hydrogens is 498 g/mol. The Balaban J connectivity index is 1.47. The topological polar surface area (TPSA) is 46.6 Å². The van der Waals surface area contributed by atoms with E-state index in [0.29, 0.717) is 23.8 Å². The maximum atomic E-state index is 13.0. The highest BCUT2D eigenvalue weighted by Crippen LogP contribution is 2.34. The van der Waals surface area contributed by atoms with Crippen molar-refractivity contribution in [1.82, 2.24) is 4.90 Å². The van der Waals surface area contributed by atoms with E-state index in [2.05, 4.69) is 15.9 Å². The Morgan fingerprint density at radius 3 is 2.45 bits per heavy atom. The van der Waals surface area contributed by atoms with Crippen molar-refractivity contribution in [3.63, 3.8) is 0 Å². The lowest BCUT2D eigenvalue weighted by Crippen LogP contribution is -2.31. The van der Waals surface area contributed by atoms with Gasteiger partial charge in [-0.1, -0.05) is 81.8 Å². The number of ether oxygens (including phenoxy) is 1. The van der Waals surface area contributed by atoms with Gasteiger partial charge in [0.2, 0.25) is 5.91 Å². The summed E-state index contributed by atoms with van der Waals surface area (Å²) < 4.78 is 6.93. The van der Waals surface area contributed by atoms with Crippen LogP contribution in [0.1, 0.15) is 16.7 Å². The molecule has 0 bridgehead atoms. The van der Waals surface area contributed by atoms with Crippen LogP contribution in [0.3, 0.4) is 0 Å². The Morgan fingerprint density at radius 2 is 1.71 bits per heavy atom. The van der Waals surface area contributed by atoms with E-state index in [1.54, 1.807) is 12.1 Å². The summed E-state index contributed by atoms with van der Waals surface area (Å²) in [4.78, 5) is 26.8. The molecule has 0 unspecified atom stereocenters. The first-order valence-electron chi connectivity index (χ1n) is 9.71. The third kappa shape index (κ3) is 5.50. The summed E-state index contributed by atoms with van der Waals surface area (Å²) >= 11 is 10.5. The molecule has 1 saturated heterocycles. The summed E-state index contributed by atoms with van der Waals surface area (Å²) in [5.74, 6) is 0.531. The second-order valence-corrected chi connectivity index (χ2v) is 9.66. The average molecular weight is 517 g/mol. The molecule has 1 fully saturated rings. The van der Waals surface area contributed by atoms with Gasteiger partial charge in [-0.25, -0.2) is 0 Å². The van der Waals surface area contributed by atoms with Gasteiger partial charge in [-0.2, -0.15) is 0 Å². The number of amides is 2. The lowest BCUT2D eigenvalue weighted by atomic mass is 10.1. The van der Waals surface area contributed by atoms with Gasteiger partial charge in [-0.3, -0.25) is 14.5 Å². The van der Waals surface area contributed by atoms with E-state index in [4.69, 9.17) is 16.3 Å². The molecule has 0 N–H and O–H groups in total. The number of imide groups is 1. The van der Waals surface area contributed by atoms with Gasteiger partial charge in [0.15, 0.2) is 0 Å². The van der Waals surface area contributed by atoms with Crippen LogP contribution in [0.25, 0.3) is 0 Å². The highest BCUT2D eigenvalue weighted by molar-refractivity contribution is 9.10. The van der Waals surface area contributed by atoms with Crippen molar-refractivity contribution in [3.05, 3.63) is 99.0 Å². The first-order valence-corrected chi connectivity index (χ1v) is 11.8. The van der Waals surface area contributed by atoms with Gasteiger partial charge in [-0.15, -0.1) is 0 Å². The zero-order valence-corrected chi connectivity index (χ0v) is 19.6. The first-order chi connectivity index (χ1) is 15.0. The molecule has 7 heteroatoms. The average Bonchev–Trinajstić information content (AvgIpc) is 3.03. The summed E-state index contributed by atoms with van der Waals surface area (Å²) in [5.41, 5.74) is 2.81. The normalized spacial score (nSPS) is 16.1. The summed E-state index contributed by atoms with van der Waals surface area (Å²) in [6, 6.07) is 22.8. The predicted octanol–water partition coefficient (Wildman–Crippen LogP) is 6.49. The molecular formula is C24H19BrClNO3S. The van der Waals surface area contributed by atoms with Crippen LogP contribution in [0, 0.1) is 0 Å². The number of nitrogens with zero attached hydrogens (tertiary/aromatic N) is 1. The van der Waals surface area contributed by atoms with Gasteiger partial charge in [0, 0.05) is 9.50 Å². The minimum Gasteiger partial charge on any atom is -0.489 e. The quantitative estimate of drug-likeness (QED) is 0.360. The van der Waals surface area contributed by atoms with Crippen molar-refractivity contribution in [2.24, 2.45) is 0 Å². The Labute approximate surface area is 198 Å². The van der Waals surface area contributed by atoms with E-state index in [1.165, 1.54) is 4.90 Å². The van der Waals surface area contributed by atoms with E-state index in [1.807, 2.05) is 60.7 Å². The van der Waals surface area contributed by atoms with Crippen molar-refractivity contribution < 1.29 is 14.3 Å². The minimum atomic E-state index is -0.479. The predicted molar refractivity (Wildman–Crippen MR) is 127 cm³/mol. The molecule has 1 aliphatic heterocycles. The molecule has 0 radical (unpaired) electrons. The summed E-state index contributed by atoms with van der Waals surface area (Å²) in [6.45, 7) is 0.678. The Hall–Kier alpha value is -2.28. The number of halogens is 2. The smallest absolute Gasteiger partial charge is 0.289 e. The zero-order chi connectivity index (χ0) is 21.8. The van der Waals surface area contributed by atoms with Crippen LogP contribution in [0.2, 0.25) is 5.02 Å². The summed E-state index contributed by atoms with van der Waals surface area (Å²) in [7, 11) is 0. The summed E-state index contributed by atoms with van der Waals surface area (Å²) in [6.07, 6.45) is 0.413. The van der Waals surface area contributed by atoms with E-state index in [9.17, 15) is 9.59 Å². The molecule has 1 atom stereocenters. The largest absolute Gasteiger partial charge is 0.489 e. The third-order valence-corrected chi connectivity index (χ3v) is 6.74. The van der Waals surface area contributed by atoms with Crippen molar-refractivity contribution in [2.45, 2.75) is 24.8 Å². The van der Waals surface area contributed by atoms with Crippen LogP contribution in [0.4, 0.5) is 4.79 Å². The molecule has 3 aromatic carbocycles. The van der Waals surface area contributed by atoms with E-state index >= 15 is 0 Å². The molecule has 158 valence electrons. The number of hydrogen-bond donors (Lipinski definition) is 0. The molecule has 4 nitrogen and oxygen atoms in total. The number of carbonyl (C=O) groups excluding carboxylic acids is 2. The molecule has 0 spiro atoms. The number of hydrogen-bond acceptors (Lipinski definition) is 4. The van der Waals surface area contributed by atoms with Crippen LogP contribution < -0.4 is 4.74 Å². The maximum Gasteiger partial charge on any atom is 0.289 e. The Kier molecular flexibility index (Phi) is 7.00. The van der Waals surface area contributed by atoms with Crippen molar-refractivity contribution in [3.8, 4) is 5.75 Å². The lowest BCUT2D eigenvalue weighted by Gasteiger charge is -2.16. The second kappa shape index (κ2) is 9.90. The Bertz CT molecular complexity index is 1090. The molecule has 0 aromatic heterocycles. The lowest BCUT2D eigenvalue weighted by molar-refractivity contribution is -0.127. The van der Waals surface area contributed by atoms with E-state index < -0.39 is 5.25 Å². The van der Waals surface area contributed by atoms with Gasteiger partial charge < -0.3 is 4.74 Å². The van der Waals surface area contributed by atoms with Crippen LogP contribution in [0.5, 0.6) is 5.75 Å². The number of benzene rings is 3. The molecule has 2 amide bonds. The number of rotatable bonds is 7. The molecule has 1 heterocycles. The fraction of sp³-hybridized carbons (Fsp3) is 0.167. The van der Waals surface area contributed by atoms with Crippen LogP contribution in [0.15, 0.2) is 77.3 Å². The van der Waals surface area contributed by atoms with E-state index in [-0.39, 0.29) is 17.7 Å². The molecule has 1 aliphatic rings. The SMILES string of the molecule is O=C1S[C@H](Cc2cc(Br)ccc2OCc2ccccc2)C(=O)N1Cc1ccc(Cl)cc1. The van der Waals surface area contributed by atoms with Gasteiger partial charge in [-0.05, 0) is 53.4 Å².